The fraction of sp³-hybridized carbons (Fsp3) is 0. The number of rotatable bonds is 2. The summed E-state index contributed by atoms with van der Waals surface area (Å²) in [7, 11) is 0. The predicted molar refractivity (Wildman–Crippen MR) is 55.1 cm³/mol. The van der Waals surface area contributed by atoms with Gasteiger partial charge < -0.3 is 0 Å². The first-order valence-electron chi connectivity index (χ1n) is 4.18. The molecule has 0 saturated heterocycles. The van der Waals surface area contributed by atoms with Crippen LogP contribution in [0.5, 0.6) is 0 Å². The second-order valence-corrected chi connectivity index (χ2v) is 3.73. The molecule has 5 heteroatoms. The summed E-state index contributed by atoms with van der Waals surface area (Å²) in [6.45, 7) is 0. The molecule has 0 amide bonds. The van der Waals surface area contributed by atoms with Crippen molar-refractivity contribution < 1.29 is 0 Å². The molecule has 0 aromatic carbocycles. The Bertz CT molecular complexity index is 475. The van der Waals surface area contributed by atoms with Crippen molar-refractivity contribution in [1.29, 1.82) is 5.26 Å². The molecule has 0 atom stereocenters. The van der Waals surface area contributed by atoms with Crippen LogP contribution in [0.15, 0.2) is 46.8 Å². The molecule has 2 heterocycles. The molecule has 0 N–H and O–H groups in total. The van der Waals surface area contributed by atoms with E-state index in [0.29, 0.717) is 5.69 Å². The number of hydrogen-bond acceptors (Lipinski definition) is 5. The first kappa shape index (κ1) is 9.62. The zero-order valence-electron chi connectivity index (χ0n) is 7.66. The predicted octanol–water partition coefficient (Wildman–Crippen LogP) is 1.89. The maximum atomic E-state index is 8.55. The van der Waals surface area contributed by atoms with E-state index in [9.17, 15) is 0 Å². The summed E-state index contributed by atoms with van der Waals surface area (Å²) in [5.74, 6) is 0. The third-order valence-electron chi connectivity index (χ3n) is 1.61. The maximum absolute atomic E-state index is 8.55. The highest BCUT2D eigenvalue weighted by Gasteiger charge is 1.99. The number of hydrogen-bond donors (Lipinski definition) is 0. The molecule has 0 aliphatic heterocycles. The van der Waals surface area contributed by atoms with Crippen molar-refractivity contribution in [2.75, 3.05) is 0 Å². The van der Waals surface area contributed by atoms with Gasteiger partial charge in [0.15, 0.2) is 5.69 Å². The van der Waals surface area contributed by atoms with Gasteiger partial charge in [-0.2, -0.15) is 5.26 Å². The van der Waals surface area contributed by atoms with E-state index in [0.717, 1.165) is 9.92 Å². The van der Waals surface area contributed by atoms with Crippen LogP contribution < -0.4 is 0 Å². The van der Waals surface area contributed by atoms with Crippen LogP contribution in [-0.2, 0) is 0 Å². The second kappa shape index (κ2) is 4.53. The minimum Gasteiger partial charge on any atom is -0.265 e. The summed E-state index contributed by atoms with van der Waals surface area (Å²) in [4.78, 5) is 13.0. The van der Waals surface area contributed by atoms with E-state index in [-0.39, 0.29) is 0 Å². The normalized spacial score (nSPS) is 9.53. The van der Waals surface area contributed by atoms with Gasteiger partial charge in [-0.3, -0.25) is 4.98 Å². The van der Waals surface area contributed by atoms with Gasteiger partial charge in [0.05, 0.1) is 12.4 Å². The van der Waals surface area contributed by atoms with E-state index in [1.165, 1.54) is 18.0 Å². The molecule has 0 fully saturated rings. The van der Waals surface area contributed by atoms with Crippen molar-refractivity contribution in [3.8, 4) is 6.07 Å². The highest BCUT2D eigenvalue weighted by molar-refractivity contribution is 7.99. The van der Waals surface area contributed by atoms with E-state index in [1.807, 2.05) is 18.2 Å². The fourth-order valence-corrected chi connectivity index (χ4v) is 1.66. The minimum absolute atomic E-state index is 0.328. The van der Waals surface area contributed by atoms with Gasteiger partial charge in [-0.15, -0.1) is 0 Å². The summed E-state index contributed by atoms with van der Waals surface area (Å²) in [6.07, 6.45) is 6.49. The molecule has 72 valence electrons. The second-order valence-electron chi connectivity index (χ2n) is 2.64. The monoisotopic (exact) mass is 214 g/mol. The summed E-state index contributed by atoms with van der Waals surface area (Å²) < 4.78 is 0. The minimum atomic E-state index is 0.328. The molecule has 0 aliphatic carbocycles. The van der Waals surface area contributed by atoms with Gasteiger partial charge in [0.2, 0.25) is 0 Å². The largest absolute Gasteiger partial charge is 0.265 e. The summed E-state index contributed by atoms with van der Waals surface area (Å²) >= 11 is 1.48. The Hall–Kier alpha value is -1.93. The Morgan fingerprint density at radius 3 is 2.53 bits per heavy atom. The molecular weight excluding hydrogens is 208 g/mol. The van der Waals surface area contributed by atoms with E-state index < -0.39 is 0 Å². The third-order valence-corrected chi connectivity index (χ3v) is 2.54. The Balaban J connectivity index is 2.16. The van der Waals surface area contributed by atoms with Gasteiger partial charge in [0.25, 0.3) is 0 Å². The van der Waals surface area contributed by atoms with Gasteiger partial charge in [-0.25, -0.2) is 9.97 Å². The molecule has 2 aromatic rings. The van der Waals surface area contributed by atoms with Gasteiger partial charge in [-0.05, 0) is 12.1 Å². The van der Waals surface area contributed by atoms with Crippen LogP contribution in [0, 0.1) is 11.3 Å². The van der Waals surface area contributed by atoms with E-state index in [4.69, 9.17) is 5.26 Å². The molecule has 0 aliphatic rings. The summed E-state index contributed by atoms with van der Waals surface area (Å²) in [5.41, 5.74) is 0.328. The van der Waals surface area contributed by atoms with Gasteiger partial charge in [0.1, 0.15) is 11.1 Å². The van der Waals surface area contributed by atoms with Gasteiger partial charge >= 0.3 is 0 Å². The van der Waals surface area contributed by atoms with Crippen molar-refractivity contribution in [3.63, 3.8) is 0 Å². The fourth-order valence-electron chi connectivity index (χ4n) is 0.954. The first-order valence-corrected chi connectivity index (χ1v) is 5.00. The SMILES string of the molecule is N#Cc1cnc(Sc2ccncc2)cn1. The average Bonchev–Trinajstić information content (AvgIpc) is 2.31. The van der Waals surface area contributed by atoms with E-state index >= 15 is 0 Å². The number of aromatic nitrogens is 3. The van der Waals surface area contributed by atoms with Crippen molar-refractivity contribution >= 4 is 11.8 Å². The summed E-state index contributed by atoms with van der Waals surface area (Å²) in [6, 6.07) is 5.71. The first-order chi connectivity index (χ1) is 7.38. The Labute approximate surface area is 91.0 Å². The lowest BCUT2D eigenvalue weighted by Crippen LogP contribution is -1.86. The van der Waals surface area contributed by atoms with E-state index in [1.54, 1.807) is 18.6 Å². The van der Waals surface area contributed by atoms with Crippen LogP contribution in [0.2, 0.25) is 0 Å². The van der Waals surface area contributed by atoms with Gasteiger partial charge in [-0.1, -0.05) is 11.8 Å². The lowest BCUT2D eigenvalue weighted by Gasteiger charge is -1.98. The van der Waals surface area contributed by atoms with Gasteiger partial charge in [0, 0.05) is 17.3 Å². The van der Waals surface area contributed by atoms with Crippen molar-refractivity contribution in [3.05, 3.63) is 42.6 Å². The van der Waals surface area contributed by atoms with Crippen LogP contribution in [0.4, 0.5) is 0 Å². The lowest BCUT2D eigenvalue weighted by molar-refractivity contribution is 1.04. The highest BCUT2D eigenvalue weighted by Crippen LogP contribution is 2.23. The highest BCUT2D eigenvalue weighted by atomic mass is 32.2. The summed E-state index contributed by atoms with van der Waals surface area (Å²) in [5, 5.41) is 9.31. The maximum Gasteiger partial charge on any atom is 0.158 e. The topological polar surface area (TPSA) is 62.5 Å². The van der Waals surface area contributed by atoms with E-state index in [2.05, 4.69) is 15.0 Å². The lowest BCUT2D eigenvalue weighted by atomic mass is 10.5. The molecular formula is C10H6N4S. The average molecular weight is 214 g/mol. The van der Waals surface area contributed by atoms with Crippen molar-refractivity contribution in [2.45, 2.75) is 9.92 Å². The molecule has 0 saturated carbocycles. The number of pyridine rings is 1. The molecule has 15 heavy (non-hydrogen) atoms. The Kier molecular flexibility index (Phi) is 2.90. The zero-order chi connectivity index (χ0) is 10.5. The van der Waals surface area contributed by atoms with Crippen LogP contribution in [0.25, 0.3) is 0 Å². The van der Waals surface area contributed by atoms with Crippen LogP contribution in [-0.4, -0.2) is 15.0 Å². The zero-order valence-corrected chi connectivity index (χ0v) is 8.48. The number of nitrogens with zero attached hydrogens (tertiary/aromatic N) is 4. The Morgan fingerprint density at radius 1 is 1.13 bits per heavy atom. The molecule has 0 unspecified atom stereocenters. The van der Waals surface area contributed by atoms with Crippen molar-refractivity contribution in [2.24, 2.45) is 0 Å². The molecule has 4 nitrogen and oxygen atoms in total. The number of nitriles is 1. The standard InChI is InChI=1S/C10H6N4S/c11-5-8-6-14-10(7-13-8)15-9-1-3-12-4-2-9/h1-4,6-7H. The quantitative estimate of drug-likeness (QED) is 0.764. The molecule has 0 bridgehead atoms. The van der Waals surface area contributed by atoms with Crippen LogP contribution in [0.1, 0.15) is 5.69 Å². The van der Waals surface area contributed by atoms with Crippen molar-refractivity contribution in [1.82, 2.24) is 15.0 Å². The molecule has 2 rings (SSSR count). The van der Waals surface area contributed by atoms with Crippen LogP contribution >= 0.6 is 11.8 Å². The smallest absolute Gasteiger partial charge is 0.158 e. The molecule has 0 radical (unpaired) electrons. The Morgan fingerprint density at radius 2 is 1.93 bits per heavy atom. The third kappa shape index (κ3) is 2.51. The van der Waals surface area contributed by atoms with Crippen LogP contribution in [0.3, 0.4) is 0 Å². The molecule has 2 aromatic heterocycles. The molecule has 0 spiro atoms.